The highest BCUT2D eigenvalue weighted by Crippen LogP contribution is 2.29. The van der Waals surface area contributed by atoms with Crippen LogP contribution >= 0.6 is 0 Å². The molecule has 170 valence electrons. The van der Waals surface area contributed by atoms with Crippen molar-refractivity contribution in [3.8, 4) is 5.75 Å². The minimum absolute atomic E-state index is 0.0683. The van der Waals surface area contributed by atoms with Crippen LogP contribution in [0.25, 0.3) is 10.9 Å². The molecule has 0 radical (unpaired) electrons. The summed E-state index contributed by atoms with van der Waals surface area (Å²) in [5.41, 5.74) is 0.857. The Bertz CT molecular complexity index is 1090. The van der Waals surface area contributed by atoms with Gasteiger partial charge in [0.05, 0.1) is 24.6 Å². The molecule has 3 aromatic rings. The molecule has 0 aliphatic carbocycles. The maximum atomic E-state index is 13.2. The number of amides is 1. The minimum atomic E-state index is -4.48. The molecule has 0 unspecified atom stereocenters. The zero-order chi connectivity index (χ0) is 22.7. The molecule has 1 amide bonds. The second kappa shape index (κ2) is 9.03. The van der Waals surface area contributed by atoms with Gasteiger partial charge in [0.2, 0.25) is 0 Å². The summed E-state index contributed by atoms with van der Waals surface area (Å²) in [7, 11) is 1.54. The molecule has 0 saturated carbocycles. The molecule has 1 saturated heterocycles. The van der Waals surface area contributed by atoms with Crippen LogP contribution in [0.1, 0.15) is 16.9 Å². The van der Waals surface area contributed by atoms with Crippen LogP contribution in [0, 0.1) is 0 Å². The highest BCUT2D eigenvalue weighted by Gasteiger charge is 2.30. The van der Waals surface area contributed by atoms with E-state index in [0.717, 1.165) is 4.68 Å². The third kappa shape index (κ3) is 4.93. The molecule has 3 heterocycles. The van der Waals surface area contributed by atoms with Gasteiger partial charge in [-0.15, -0.1) is 0 Å². The number of carbonyl (C=O) groups excluding carboxylic acids is 1. The average Bonchev–Trinajstić information content (AvgIpc) is 2.94. The number of fused-ring (bicyclic) bond motifs is 1. The molecule has 1 aromatic carbocycles. The van der Waals surface area contributed by atoms with Crippen molar-refractivity contribution in [2.24, 2.45) is 0 Å². The Kier molecular flexibility index (Phi) is 6.17. The van der Waals surface area contributed by atoms with E-state index in [4.69, 9.17) is 9.47 Å². The van der Waals surface area contributed by atoms with Gasteiger partial charge in [0.15, 0.2) is 5.82 Å². The van der Waals surface area contributed by atoms with Gasteiger partial charge in [-0.2, -0.15) is 18.3 Å². The fourth-order valence-corrected chi connectivity index (χ4v) is 3.49. The van der Waals surface area contributed by atoms with E-state index in [-0.39, 0.29) is 22.9 Å². The summed E-state index contributed by atoms with van der Waals surface area (Å²) in [4.78, 5) is 18.7. The highest BCUT2D eigenvalue weighted by molar-refractivity contribution is 5.98. The maximum absolute atomic E-state index is 13.2. The van der Waals surface area contributed by atoms with Gasteiger partial charge in [0.25, 0.3) is 5.91 Å². The monoisotopic (exact) mass is 449 g/mol. The van der Waals surface area contributed by atoms with Crippen LogP contribution in [0.2, 0.25) is 0 Å². The van der Waals surface area contributed by atoms with Crippen molar-refractivity contribution >= 4 is 28.3 Å². The van der Waals surface area contributed by atoms with Crippen molar-refractivity contribution in [3.63, 3.8) is 0 Å². The standard InChI is InChI=1S/C21H22F3N5O3/c1-31-15-5-3-14(4-6-15)26-19-16-12-25-17(20(30)28-7-2-9-32-10-8-28)11-18(16)29(27-19)13-21(22,23)24/h3-6,11-12H,2,7-10,13H2,1H3,(H,26,27). The van der Waals surface area contributed by atoms with Crippen LogP contribution in [-0.2, 0) is 11.3 Å². The number of hydrogen-bond acceptors (Lipinski definition) is 6. The van der Waals surface area contributed by atoms with Gasteiger partial charge in [-0.05, 0) is 36.8 Å². The predicted octanol–water partition coefficient (Wildman–Crippen LogP) is 3.61. The summed E-state index contributed by atoms with van der Waals surface area (Å²) < 4.78 is 50.9. The number of ether oxygens (including phenoxy) is 2. The molecule has 0 atom stereocenters. The van der Waals surface area contributed by atoms with Crippen molar-refractivity contribution in [3.05, 3.63) is 42.2 Å². The molecular weight excluding hydrogens is 427 g/mol. The maximum Gasteiger partial charge on any atom is 0.408 e. The summed E-state index contributed by atoms with van der Waals surface area (Å²) in [6, 6.07) is 8.25. The molecule has 0 spiro atoms. The van der Waals surface area contributed by atoms with Gasteiger partial charge < -0.3 is 19.7 Å². The molecular formula is C21H22F3N5O3. The van der Waals surface area contributed by atoms with Crippen LogP contribution in [0.15, 0.2) is 36.5 Å². The molecule has 4 rings (SSSR count). The van der Waals surface area contributed by atoms with Crippen molar-refractivity contribution in [1.29, 1.82) is 0 Å². The largest absolute Gasteiger partial charge is 0.497 e. The van der Waals surface area contributed by atoms with Crippen molar-refractivity contribution < 1.29 is 27.4 Å². The van der Waals surface area contributed by atoms with Gasteiger partial charge in [0.1, 0.15) is 18.0 Å². The van der Waals surface area contributed by atoms with E-state index >= 15 is 0 Å². The highest BCUT2D eigenvalue weighted by atomic mass is 19.4. The summed E-state index contributed by atoms with van der Waals surface area (Å²) in [5.74, 6) is 0.512. The van der Waals surface area contributed by atoms with Crippen LogP contribution in [0.5, 0.6) is 5.75 Å². The Morgan fingerprint density at radius 3 is 2.72 bits per heavy atom. The molecule has 1 aliphatic rings. The van der Waals surface area contributed by atoms with E-state index in [1.165, 1.54) is 19.4 Å². The van der Waals surface area contributed by atoms with Gasteiger partial charge in [-0.25, -0.2) is 0 Å². The van der Waals surface area contributed by atoms with Crippen molar-refractivity contribution in [2.45, 2.75) is 19.1 Å². The Morgan fingerprint density at radius 2 is 2.00 bits per heavy atom. The first-order valence-electron chi connectivity index (χ1n) is 10.1. The number of nitrogens with zero attached hydrogens (tertiary/aromatic N) is 4. The van der Waals surface area contributed by atoms with Crippen LogP contribution < -0.4 is 10.1 Å². The number of carbonyl (C=O) groups is 1. The van der Waals surface area contributed by atoms with Crippen molar-refractivity contribution in [2.75, 3.05) is 38.7 Å². The number of rotatable bonds is 5. The molecule has 11 heteroatoms. The lowest BCUT2D eigenvalue weighted by Gasteiger charge is -2.19. The fraction of sp³-hybridized carbons (Fsp3) is 0.381. The van der Waals surface area contributed by atoms with Gasteiger partial charge in [0, 0.05) is 31.6 Å². The first-order chi connectivity index (χ1) is 15.3. The predicted molar refractivity (Wildman–Crippen MR) is 111 cm³/mol. The number of methoxy groups -OCH3 is 1. The summed E-state index contributed by atoms with van der Waals surface area (Å²) in [5, 5.41) is 7.50. The lowest BCUT2D eigenvalue weighted by atomic mass is 10.2. The smallest absolute Gasteiger partial charge is 0.408 e. The molecule has 8 nitrogen and oxygen atoms in total. The lowest BCUT2D eigenvalue weighted by Crippen LogP contribution is -2.33. The average molecular weight is 449 g/mol. The van der Waals surface area contributed by atoms with E-state index in [2.05, 4.69) is 15.4 Å². The first-order valence-corrected chi connectivity index (χ1v) is 10.1. The van der Waals surface area contributed by atoms with E-state index in [0.29, 0.717) is 49.5 Å². The molecule has 32 heavy (non-hydrogen) atoms. The second-order valence-corrected chi connectivity index (χ2v) is 7.32. The van der Waals surface area contributed by atoms with E-state index < -0.39 is 12.7 Å². The summed E-state index contributed by atoms with van der Waals surface area (Å²) >= 11 is 0. The molecule has 1 fully saturated rings. The fourth-order valence-electron chi connectivity index (χ4n) is 3.49. The Labute approximate surface area is 181 Å². The number of anilines is 2. The quantitative estimate of drug-likeness (QED) is 0.641. The van der Waals surface area contributed by atoms with E-state index in [1.54, 1.807) is 29.2 Å². The van der Waals surface area contributed by atoms with Crippen LogP contribution in [0.3, 0.4) is 0 Å². The number of benzene rings is 1. The molecule has 1 N–H and O–H groups in total. The van der Waals surface area contributed by atoms with E-state index in [9.17, 15) is 18.0 Å². The SMILES string of the molecule is COc1ccc(Nc2nn(CC(F)(F)F)c3cc(C(=O)N4CCCOCC4)ncc23)cc1. The second-order valence-electron chi connectivity index (χ2n) is 7.32. The zero-order valence-electron chi connectivity index (χ0n) is 17.4. The Morgan fingerprint density at radius 1 is 1.22 bits per heavy atom. The summed E-state index contributed by atoms with van der Waals surface area (Å²) in [6.45, 7) is 0.600. The lowest BCUT2D eigenvalue weighted by molar-refractivity contribution is -0.141. The third-order valence-corrected chi connectivity index (χ3v) is 5.05. The number of alkyl halides is 3. The number of aromatic nitrogens is 3. The Balaban J connectivity index is 1.69. The number of pyridine rings is 1. The van der Waals surface area contributed by atoms with Crippen molar-refractivity contribution in [1.82, 2.24) is 19.7 Å². The third-order valence-electron chi connectivity index (χ3n) is 5.05. The molecule has 2 aromatic heterocycles. The number of nitrogens with one attached hydrogen (secondary N) is 1. The van der Waals surface area contributed by atoms with Crippen LogP contribution in [0.4, 0.5) is 24.7 Å². The molecule has 1 aliphatic heterocycles. The van der Waals surface area contributed by atoms with Gasteiger partial charge >= 0.3 is 6.18 Å². The summed E-state index contributed by atoms with van der Waals surface area (Å²) in [6.07, 6.45) is -2.41. The minimum Gasteiger partial charge on any atom is -0.497 e. The van der Waals surface area contributed by atoms with Gasteiger partial charge in [-0.1, -0.05) is 0 Å². The Hall–Kier alpha value is -3.34. The topological polar surface area (TPSA) is 81.5 Å². The molecule has 0 bridgehead atoms. The first kappa shape index (κ1) is 21.9. The van der Waals surface area contributed by atoms with Crippen LogP contribution in [-0.4, -0.2) is 65.2 Å². The van der Waals surface area contributed by atoms with Gasteiger partial charge in [-0.3, -0.25) is 14.5 Å². The number of hydrogen-bond donors (Lipinski definition) is 1. The zero-order valence-corrected chi connectivity index (χ0v) is 17.4. The van der Waals surface area contributed by atoms with E-state index in [1.807, 2.05) is 0 Å². The number of halogens is 3. The normalized spacial score (nSPS) is 14.9.